The maximum atomic E-state index is 9.71. The van der Waals surface area contributed by atoms with E-state index in [2.05, 4.69) is 39.9 Å². The molecule has 3 nitrogen and oxygen atoms in total. The Morgan fingerprint density at radius 2 is 1.63 bits per heavy atom. The molecule has 0 bridgehead atoms. The molecule has 1 atom stereocenters. The average Bonchev–Trinajstić information content (AvgIpc) is 2.11. The third-order valence-corrected chi connectivity index (χ3v) is 3.46. The van der Waals surface area contributed by atoms with Crippen LogP contribution in [0.15, 0.2) is 0 Å². The molecule has 116 valence electrons. The number of ether oxygens (including phenoxy) is 1. The Kier molecular flexibility index (Phi) is 7.01. The molecule has 0 heterocycles. The van der Waals surface area contributed by atoms with Gasteiger partial charge in [-0.3, -0.25) is 0 Å². The maximum absolute atomic E-state index is 9.71. The summed E-state index contributed by atoms with van der Waals surface area (Å²) in [5.74, 6) is 0. The lowest BCUT2D eigenvalue weighted by atomic mass is 9.77. The van der Waals surface area contributed by atoms with Crippen molar-refractivity contribution in [2.45, 2.75) is 85.0 Å². The molecule has 2 N–H and O–H groups in total. The topological polar surface area (TPSA) is 41.5 Å². The lowest BCUT2D eigenvalue weighted by Gasteiger charge is -2.37. The van der Waals surface area contributed by atoms with E-state index >= 15 is 0 Å². The van der Waals surface area contributed by atoms with Gasteiger partial charge in [0.1, 0.15) is 0 Å². The molecule has 19 heavy (non-hydrogen) atoms. The van der Waals surface area contributed by atoms with Crippen LogP contribution >= 0.6 is 0 Å². The Balaban J connectivity index is 4.26. The molecule has 0 fully saturated rings. The molecular weight excluding hydrogens is 238 g/mol. The first-order valence-electron chi connectivity index (χ1n) is 7.40. The van der Waals surface area contributed by atoms with Gasteiger partial charge in [0.05, 0.1) is 17.8 Å². The highest BCUT2D eigenvalue weighted by molar-refractivity contribution is 4.83. The van der Waals surface area contributed by atoms with Crippen molar-refractivity contribution < 1.29 is 9.84 Å². The number of aliphatic hydroxyl groups is 1. The van der Waals surface area contributed by atoms with E-state index in [0.717, 1.165) is 12.8 Å². The molecule has 0 aromatic heterocycles. The van der Waals surface area contributed by atoms with Crippen LogP contribution < -0.4 is 5.32 Å². The summed E-state index contributed by atoms with van der Waals surface area (Å²) < 4.78 is 5.98. The van der Waals surface area contributed by atoms with Crippen LogP contribution in [-0.4, -0.2) is 36.0 Å². The van der Waals surface area contributed by atoms with Gasteiger partial charge in [0, 0.05) is 6.04 Å². The molecule has 0 radical (unpaired) electrons. The number of hydrogen-bond acceptors (Lipinski definition) is 3. The predicted octanol–water partition coefficient (Wildman–Crippen LogP) is 3.36. The normalized spacial score (nSPS) is 15.6. The molecule has 3 heteroatoms. The van der Waals surface area contributed by atoms with Crippen molar-refractivity contribution in [1.29, 1.82) is 0 Å². The molecule has 0 aliphatic carbocycles. The number of rotatable bonds is 9. The summed E-state index contributed by atoms with van der Waals surface area (Å²) in [6, 6.07) is 0.516. The third-order valence-electron chi connectivity index (χ3n) is 3.46. The second-order valence-corrected chi connectivity index (χ2v) is 7.91. The standard InChI is InChI=1S/C16H35NO2/c1-13(17-8)11-14(2,3)12-16(6,7)19-10-9-15(4,5)18/h13,17-18H,9-12H2,1-8H3. The fraction of sp³-hybridized carbons (Fsp3) is 1.00. The quantitative estimate of drug-likeness (QED) is 0.677. The lowest BCUT2D eigenvalue weighted by Crippen LogP contribution is -2.36. The fourth-order valence-electron chi connectivity index (χ4n) is 2.78. The van der Waals surface area contributed by atoms with Crippen molar-refractivity contribution in [2.24, 2.45) is 5.41 Å². The second-order valence-electron chi connectivity index (χ2n) is 7.91. The van der Waals surface area contributed by atoms with Gasteiger partial charge < -0.3 is 15.2 Å². The molecule has 0 aliphatic heterocycles. The highest BCUT2D eigenvalue weighted by atomic mass is 16.5. The molecule has 0 spiro atoms. The Hall–Kier alpha value is -0.120. The van der Waals surface area contributed by atoms with Gasteiger partial charge >= 0.3 is 0 Å². The Bertz CT molecular complexity index is 254. The summed E-state index contributed by atoms with van der Waals surface area (Å²) in [7, 11) is 2.01. The summed E-state index contributed by atoms with van der Waals surface area (Å²) in [6.45, 7) is 15.3. The molecular formula is C16H35NO2. The Morgan fingerprint density at radius 3 is 2.05 bits per heavy atom. The van der Waals surface area contributed by atoms with Crippen LogP contribution in [-0.2, 0) is 4.74 Å². The van der Waals surface area contributed by atoms with Gasteiger partial charge in [-0.1, -0.05) is 13.8 Å². The fourth-order valence-corrected chi connectivity index (χ4v) is 2.78. The van der Waals surface area contributed by atoms with Gasteiger partial charge in [-0.25, -0.2) is 0 Å². The SMILES string of the molecule is CNC(C)CC(C)(C)CC(C)(C)OCCC(C)(C)O. The molecule has 0 rings (SSSR count). The van der Waals surface area contributed by atoms with Crippen LogP contribution in [0.2, 0.25) is 0 Å². The summed E-state index contributed by atoms with van der Waals surface area (Å²) in [5.41, 5.74) is -0.560. The summed E-state index contributed by atoms with van der Waals surface area (Å²) in [5, 5.41) is 13.0. The van der Waals surface area contributed by atoms with Gasteiger partial charge in [-0.2, -0.15) is 0 Å². The molecule has 0 amide bonds. The minimum atomic E-state index is -0.647. The van der Waals surface area contributed by atoms with Crippen molar-refractivity contribution in [3.05, 3.63) is 0 Å². The van der Waals surface area contributed by atoms with Gasteiger partial charge in [-0.05, 0) is 66.3 Å². The van der Waals surface area contributed by atoms with Crippen LogP contribution in [0.1, 0.15) is 67.7 Å². The van der Waals surface area contributed by atoms with Crippen molar-refractivity contribution in [3.8, 4) is 0 Å². The summed E-state index contributed by atoms with van der Waals surface area (Å²) >= 11 is 0. The molecule has 0 aromatic carbocycles. The monoisotopic (exact) mass is 273 g/mol. The zero-order valence-electron chi connectivity index (χ0n) is 14.3. The highest BCUT2D eigenvalue weighted by Gasteiger charge is 2.30. The van der Waals surface area contributed by atoms with E-state index < -0.39 is 5.60 Å². The lowest BCUT2D eigenvalue weighted by molar-refractivity contribution is -0.0675. The first kappa shape index (κ1) is 18.9. The summed E-state index contributed by atoms with van der Waals surface area (Å²) in [4.78, 5) is 0. The summed E-state index contributed by atoms with van der Waals surface area (Å²) in [6.07, 6.45) is 2.81. The van der Waals surface area contributed by atoms with Gasteiger partial charge in [0.2, 0.25) is 0 Å². The Morgan fingerprint density at radius 1 is 1.11 bits per heavy atom. The van der Waals surface area contributed by atoms with Crippen LogP contribution in [0, 0.1) is 5.41 Å². The molecule has 0 saturated carbocycles. The third kappa shape index (κ3) is 10.3. The minimum absolute atomic E-state index is 0.151. The van der Waals surface area contributed by atoms with E-state index in [4.69, 9.17) is 4.74 Å². The van der Waals surface area contributed by atoms with Crippen molar-refractivity contribution in [2.75, 3.05) is 13.7 Å². The van der Waals surface area contributed by atoms with E-state index in [9.17, 15) is 5.11 Å². The van der Waals surface area contributed by atoms with Crippen molar-refractivity contribution in [3.63, 3.8) is 0 Å². The molecule has 1 unspecified atom stereocenters. The van der Waals surface area contributed by atoms with Crippen LogP contribution in [0.3, 0.4) is 0 Å². The van der Waals surface area contributed by atoms with E-state index in [-0.39, 0.29) is 11.0 Å². The first-order valence-corrected chi connectivity index (χ1v) is 7.40. The highest BCUT2D eigenvalue weighted by Crippen LogP contribution is 2.34. The smallest absolute Gasteiger partial charge is 0.0631 e. The Labute approximate surface area is 120 Å². The van der Waals surface area contributed by atoms with E-state index in [1.807, 2.05) is 20.9 Å². The maximum Gasteiger partial charge on any atom is 0.0631 e. The van der Waals surface area contributed by atoms with Gasteiger partial charge in [0.15, 0.2) is 0 Å². The van der Waals surface area contributed by atoms with E-state index in [1.165, 1.54) is 0 Å². The number of nitrogens with one attached hydrogen (secondary N) is 1. The zero-order chi connectivity index (χ0) is 15.3. The van der Waals surface area contributed by atoms with Crippen LogP contribution in [0.5, 0.6) is 0 Å². The second kappa shape index (κ2) is 7.05. The van der Waals surface area contributed by atoms with Crippen LogP contribution in [0.4, 0.5) is 0 Å². The first-order chi connectivity index (χ1) is 8.37. The molecule has 0 saturated heterocycles. The number of hydrogen-bond donors (Lipinski definition) is 2. The largest absolute Gasteiger partial charge is 0.390 e. The van der Waals surface area contributed by atoms with Gasteiger partial charge in [0.25, 0.3) is 0 Å². The van der Waals surface area contributed by atoms with Gasteiger partial charge in [-0.15, -0.1) is 0 Å². The molecule has 0 aromatic rings. The van der Waals surface area contributed by atoms with Crippen LogP contribution in [0.25, 0.3) is 0 Å². The average molecular weight is 273 g/mol. The minimum Gasteiger partial charge on any atom is -0.390 e. The van der Waals surface area contributed by atoms with Crippen molar-refractivity contribution in [1.82, 2.24) is 5.32 Å². The van der Waals surface area contributed by atoms with E-state index in [0.29, 0.717) is 19.1 Å². The van der Waals surface area contributed by atoms with E-state index in [1.54, 1.807) is 0 Å². The zero-order valence-corrected chi connectivity index (χ0v) is 14.3. The van der Waals surface area contributed by atoms with Crippen molar-refractivity contribution >= 4 is 0 Å². The predicted molar refractivity (Wildman–Crippen MR) is 82.5 cm³/mol. The molecule has 0 aliphatic rings.